The average Bonchev–Trinajstić information content (AvgIpc) is 2.32. The summed E-state index contributed by atoms with van der Waals surface area (Å²) < 4.78 is 1.07. The molecule has 1 N–H and O–H groups in total. The van der Waals surface area contributed by atoms with E-state index in [1.165, 1.54) is 0 Å². The molecule has 1 aromatic rings. The van der Waals surface area contributed by atoms with Crippen molar-refractivity contribution >= 4 is 34.2 Å². The van der Waals surface area contributed by atoms with Gasteiger partial charge in [0.25, 0.3) is 0 Å². The van der Waals surface area contributed by atoms with Crippen molar-refractivity contribution in [2.24, 2.45) is 0 Å². The second-order valence-electron chi connectivity index (χ2n) is 4.11. The molecule has 0 aliphatic rings. The van der Waals surface area contributed by atoms with Crippen molar-refractivity contribution in [1.82, 2.24) is 0 Å². The van der Waals surface area contributed by atoms with Crippen molar-refractivity contribution in [3.63, 3.8) is 0 Å². The first kappa shape index (κ1) is 15.0. The van der Waals surface area contributed by atoms with Gasteiger partial charge >= 0.3 is 0 Å². The number of aliphatic hydroxyl groups excluding tert-OH is 1. The van der Waals surface area contributed by atoms with Gasteiger partial charge in [-0.1, -0.05) is 30.5 Å². The van der Waals surface area contributed by atoms with Gasteiger partial charge in [-0.3, -0.25) is 0 Å². The Morgan fingerprint density at radius 1 is 1.35 bits per heavy atom. The molecule has 0 saturated heterocycles. The van der Waals surface area contributed by atoms with Crippen LogP contribution in [0.5, 0.6) is 0 Å². The maximum absolute atomic E-state index is 10.1. The molecule has 0 aliphatic heterocycles. The second kappa shape index (κ2) is 8.11. The zero-order chi connectivity index (χ0) is 12.7. The molecule has 1 rings (SSSR count). The van der Waals surface area contributed by atoms with E-state index in [1.54, 1.807) is 0 Å². The van der Waals surface area contributed by atoms with Crippen LogP contribution in [-0.2, 0) is 0 Å². The quantitative estimate of drug-likeness (QED) is 0.405. The van der Waals surface area contributed by atoms with Crippen LogP contribution in [0.1, 0.15) is 43.8 Å². The number of rotatable bonds is 7. The van der Waals surface area contributed by atoms with Crippen molar-refractivity contribution in [3.05, 3.63) is 45.0 Å². The fourth-order valence-corrected chi connectivity index (χ4v) is 2.60. The highest BCUT2D eigenvalue weighted by molar-refractivity contribution is 14.1. The van der Waals surface area contributed by atoms with E-state index in [4.69, 9.17) is 11.6 Å². The molecule has 17 heavy (non-hydrogen) atoms. The molecule has 0 radical (unpaired) electrons. The molecular formula is C14H18ClIO. The Bertz CT molecular complexity index is 365. The summed E-state index contributed by atoms with van der Waals surface area (Å²) in [6.07, 6.45) is 6.74. The van der Waals surface area contributed by atoms with E-state index in [0.29, 0.717) is 5.02 Å². The predicted octanol–water partition coefficient (Wildman–Crippen LogP) is 5.11. The van der Waals surface area contributed by atoms with Gasteiger partial charge < -0.3 is 5.11 Å². The molecule has 94 valence electrons. The van der Waals surface area contributed by atoms with E-state index in [2.05, 4.69) is 29.2 Å². The molecule has 0 aliphatic carbocycles. The van der Waals surface area contributed by atoms with Crippen molar-refractivity contribution in [2.75, 3.05) is 0 Å². The summed E-state index contributed by atoms with van der Waals surface area (Å²) in [5, 5.41) is 10.8. The smallest absolute Gasteiger partial charge is 0.0800 e. The van der Waals surface area contributed by atoms with E-state index in [9.17, 15) is 5.11 Å². The first-order chi connectivity index (χ1) is 8.15. The van der Waals surface area contributed by atoms with Gasteiger partial charge in [0.2, 0.25) is 0 Å². The van der Waals surface area contributed by atoms with Gasteiger partial charge in [0.15, 0.2) is 0 Å². The molecular weight excluding hydrogens is 347 g/mol. The van der Waals surface area contributed by atoms with Crippen LogP contribution >= 0.6 is 34.2 Å². The van der Waals surface area contributed by atoms with Gasteiger partial charge in [-0.2, -0.15) is 0 Å². The minimum atomic E-state index is -0.399. The maximum Gasteiger partial charge on any atom is 0.0800 e. The first-order valence-electron chi connectivity index (χ1n) is 5.89. The Morgan fingerprint density at radius 3 is 2.82 bits per heavy atom. The summed E-state index contributed by atoms with van der Waals surface area (Å²) in [6.45, 7) is 3.70. The molecule has 0 amide bonds. The Morgan fingerprint density at radius 2 is 2.12 bits per heavy atom. The van der Waals surface area contributed by atoms with E-state index in [-0.39, 0.29) is 0 Å². The van der Waals surface area contributed by atoms with Crippen LogP contribution in [0.15, 0.2) is 30.9 Å². The largest absolute Gasteiger partial charge is 0.388 e. The summed E-state index contributed by atoms with van der Waals surface area (Å²) in [6, 6.07) is 5.65. The van der Waals surface area contributed by atoms with Crippen molar-refractivity contribution in [2.45, 2.75) is 38.2 Å². The van der Waals surface area contributed by atoms with Gasteiger partial charge in [-0.15, -0.1) is 6.58 Å². The lowest BCUT2D eigenvalue weighted by Crippen LogP contribution is -2.00. The summed E-state index contributed by atoms with van der Waals surface area (Å²) in [4.78, 5) is 0. The van der Waals surface area contributed by atoms with Crippen molar-refractivity contribution in [3.8, 4) is 0 Å². The number of hydrogen-bond acceptors (Lipinski definition) is 1. The van der Waals surface area contributed by atoms with Gasteiger partial charge in [-0.25, -0.2) is 0 Å². The lowest BCUT2D eigenvalue weighted by Gasteiger charge is -2.13. The van der Waals surface area contributed by atoms with Gasteiger partial charge in [0, 0.05) is 8.59 Å². The molecule has 0 fully saturated rings. The minimum absolute atomic E-state index is 0.399. The highest BCUT2D eigenvalue weighted by Crippen LogP contribution is 2.27. The first-order valence-corrected chi connectivity index (χ1v) is 7.34. The molecule has 3 heteroatoms. The third-order valence-corrected chi connectivity index (χ3v) is 3.92. The second-order valence-corrected chi connectivity index (χ2v) is 5.71. The van der Waals surface area contributed by atoms with Crippen LogP contribution in [0, 0.1) is 3.57 Å². The fraction of sp³-hybridized carbons (Fsp3) is 0.429. The summed E-state index contributed by atoms with van der Waals surface area (Å²) >= 11 is 8.17. The highest BCUT2D eigenvalue weighted by atomic mass is 127. The molecule has 0 spiro atoms. The average molecular weight is 365 g/mol. The third kappa shape index (κ3) is 5.40. The summed E-state index contributed by atoms with van der Waals surface area (Å²) in [5.74, 6) is 0. The lowest BCUT2D eigenvalue weighted by atomic mass is 10.0. The monoisotopic (exact) mass is 364 g/mol. The topological polar surface area (TPSA) is 20.2 Å². The van der Waals surface area contributed by atoms with E-state index in [1.807, 2.05) is 24.3 Å². The maximum atomic E-state index is 10.1. The number of halogens is 2. The molecule has 0 bridgehead atoms. The zero-order valence-electron chi connectivity index (χ0n) is 9.83. The van der Waals surface area contributed by atoms with Crippen LogP contribution in [0.25, 0.3) is 0 Å². The highest BCUT2D eigenvalue weighted by Gasteiger charge is 2.11. The molecule has 0 aromatic heterocycles. The number of hydrogen-bond donors (Lipinski definition) is 1. The van der Waals surface area contributed by atoms with Crippen LogP contribution < -0.4 is 0 Å². The van der Waals surface area contributed by atoms with Gasteiger partial charge in [0.1, 0.15) is 0 Å². The number of unbranched alkanes of at least 4 members (excludes halogenated alkanes) is 3. The molecule has 1 nitrogen and oxygen atoms in total. The zero-order valence-corrected chi connectivity index (χ0v) is 12.7. The fourth-order valence-electron chi connectivity index (χ4n) is 1.73. The van der Waals surface area contributed by atoms with E-state index < -0.39 is 6.10 Å². The van der Waals surface area contributed by atoms with Crippen LogP contribution in [0.2, 0.25) is 5.02 Å². The lowest BCUT2D eigenvalue weighted by molar-refractivity contribution is 0.162. The number of aliphatic hydroxyl groups is 1. The van der Waals surface area contributed by atoms with Crippen LogP contribution in [-0.4, -0.2) is 5.11 Å². The minimum Gasteiger partial charge on any atom is -0.388 e. The number of benzene rings is 1. The number of allylic oxidation sites excluding steroid dienone is 1. The molecule has 0 saturated carbocycles. The van der Waals surface area contributed by atoms with E-state index in [0.717, 1.165) is 41.2 Å². The molecule has 1 unspecified atom stereocenters. The predicted molar refractivity (Wildman–Crippen MR) is 82.4 cm³/mol. The Balaban J connectivity index is 2.43. The van der Waals surface area contributed by atoms with Crippen LogP contribution in [0.3, 0.4) is 0 Å². The molecule has 1 aromatic carbocycles. The van der Waals surface area contributed by atoms with Gasteiger partial charge in [-0.05, 0) is 65.6 Å². The Labute approximate surface area is 122 Å². The van der Waals surface area contributed by atoms with Crippen molar-refractivity contribution < 1.29 is 5.11 Å². The molecule has 1 atom stereocenters. The van der Waals surface area contributed by atoms with E-state index >= 15 is 0 Å². The SMILES string of the molecule is C=CCCCCCC(O)c1cc(Cl)ccc1I. The standard InChI is InChI=1S/C14H18ClIO/c1-2-3-4-5-6-7-14(17)12-10-11(15)8-9-13(12)16/h2,8-10,14,17H,1,3-7H2. The van der Waals surface area contributed by atoms with Gasteiger partial charge in [0.05, 0.1) is 6.10 Å². The third-order valence-electron chi connectivity index (χ3n) is 2.70. The van der Waals surface area contributed by atoms with Crippen molar-refractivity contribution in [1.29, 1.82) is 0 Å². The summed E-state index contributed by atoms with van der Waals surface area (Å²) in [7, 11) is 0. The Hall–Kier alpha value is -0.0600. The van der Waals surface area contributed by atoms with Crippen LogP contribution in [0.4, 0.5) is 0 Å². The normalized spacial score (nSPS) is 12.4. The Kier molecular flexibility index (Phi) is 7.16. The summed E-state index contributed by atoms with van der Waals surface area (Å²) in [5.41, 5.74) is 0.946. The molecule has 0 heterocycles.